The fourth-order valence-electron chi connectivity index (χ4n) is 3.36. The maximum Gasteiger partial charge on any atom is 0.271 e. The predicted molar refractivity (Wildman–Crippen MR) is 138 cm³/mol. The van der Waals surface area contributed by atoms with E-state index in [1.54, 1.807) is 55.5 Å². The van der Waals surface area contributed by atoms with E-state index >= 15 is 0 Å². The molecule has 0 aliphatic rings. The Balaban J connectivity index is 2.07. The van der Waals surface area contributed by atoms with Crippen molar-refractivity contribution < 1.29 is 22.7 Å². The summed E-state index contributed by atoms with van der Waals surface area (Å²) < 4.78 is 39.6. The number of hydrogen-bond donors (Lipinski definition) is 0. The molecule has 3 aromatic carbocycles. The molecule has 0 unspecified atom stereocenters. The summed E-state index contributed by atoms with van der Waals surface area (Å²) in [6.45, 7) is 5.95. The van der Waals surface area contributed by atoms with E-state index in [2.05, 4.69) is 15.9 Å². The standard InChI is InChI=1S/C26H26BrNO5S/c1-5-33-26-22(27)16-20(17-24(26)32-4)13-14-25(29)28(23-15-18(2)11-12-19(23)3)34(30,31)21-9-7-6-8-10-21/h6-17H,5H2,1-4H3/b14-13+. The molecule has 3 rings (SSSR count). The Morgan fingerprint density at radius 2 is 1.76 bits per heavy atom. The van der Waals surface area contributed by atoms with Crippen molar-refractivity contribution in [3.63, 3.8) is 0 Å². The first-order chi connectivity index (χ1) is 16.2. The smallest absolute Gasteiger partial charge is 0.271 e. The minimum atomic E-state index is -4.15. The molecular formula is C26H26BrNO5S. The Bertz CT molecular complexity index is 1320. The normalized spacial score (nSPS) is 11.4. The lowest BCUT2D eigenvalue weighted by atomic mass is 10.1. The van der Waals surface area contributed by atoms with Gasteiger partial charge in [-0.2, -0.15) is 4.31 Å². The van der Waals surface area contributed by atoms with Crippen molar-refractivity contribution in [1.29, 1.82) is 0 Å². The highest BCUT2D eigenvalue weighted by molar-refractivity contribution is 9.10. The highest BCUT2D eigenvalue weighted by Crippen LogP contribution is 2.37. The first-order valence-electron chi connectivity index (χ1n) is 10.6. The van der Waals surface area contributed by atoms with Gasteiger partial charge in [0.15, 0.2) is 11.5 Å². The van der Waals surface area contributed by atoms with Crippen molar-refractivity contribution in [2.45, 2.75) is 25.7 Å². The van der Waals surface area contributed by atoms with E-state index in [1.165, 1.54) is 25.3 Å². The van der Waals surface area contributed by atoms with E-state index in [9.17, 15) is 13.2 Å². The van der Waals surface area contributed by atoms with Crippen LogP contribution < -0.4 is 13.8 Å². The minimum Gasteiger partial charge on any atom is -0.493 e. The summed E-state index contributed by atoms with van der Waals surface area (Å²) in [5, 5.41) is 0. The molecule has 8 heteroatoms. The molecule has 178 valence electrons. The molecule has 0 radical (unpaired) electrons. The van der Waals surface area contributed by atoms with Crippen LogP contribution in [0.25, 0.3) is 6.08 Å². The predicted octanol–water partition coefficient (Wildman–Crippen LogP) is 5.91. The zero-order chi connectivity index (χ0) is 24.9. The lowest BCUT2D eigenvalue weighted by Crippen LogP contribution is -2.36. The first kappa shape index (κ1) is 25.5. The van der Waals surface area contributed by atoms with E-state index in [1.807, 2.05) is 19.9 Å². The van der Waals surface area contributed by atoms with Crippen LogP contribution in [0.5, 0.6) is 11.5 Å². The molecule has 0 N–H and O–H groups in total. The summed E-state index contributed by atoms with van der Waals surface area (Å²) in [5.41, 5.74) is 2.45. The molecule has 6 nitrogen and oxygen atoms in total. The van der Waals surface area contributed by atoms with Crippen LogP contribution in [0.2, 0.25) is 0 Å². The molecule has 0 aromatic heterocycles. The van der Waals surface area contributed by atoms with Crippen molar-refractivity contribution in [3.05, 3.63) is 87.9 Å². The summed E-state index contributed by atoms with van der Waals surface area (Å²) in [5.74, 6) is 0.352. The van der Waals surface area contributed by atoms with E-state index in [0.29, 0.717) is 39.4 Å². The van der Waals surface area contributed by atoms with Gasteiger partial charge in [0.1, 0.15) is 0 Å². The SMILES string of the molecule is CCOc1c(Br)cc(/C=C/C(=O)N(c2cc(C)ccc2C)S(=O)(=O)c2ccccc2)cc1OC. The monoisotopic (exact) mass is 543 g/mol. The Hall–Kier alpha value is -3.10. The number of halogens is 1. The number of ether oxygens (including phenoxy) is 2. The summed E-state index contributed by atoms with van der Waals surface area (Å²) >= 11 is 3.46. The fourth-order valence-corrected chi connectivity index (χ4v) is 5.40. The van der Waals surface area contributed by atoms with E-state index in [4.69, 9.17) is 9.47 Å². The maximum absolute atomic E-state index is 13.5. The van der Waals surface area contributed by atoms with Crippen LogP contribution in [0.1, 0.15) is 23.6 Å². The second kappa shape index (κ2) is 10.9. The lowest BCUT2D eigenvalue weighted by molar-refractivity contribution is -0.113. The highest BCUT2D eigenvalue weighted by atomic mass is 79.9. The highest BCUT2D eigenvalue weighted by Gasteiger charge is 2.30. The quantitative estimate of drug-likeness (QED) is 0.330. The van der Waals surface area contributed by atoms with Crippen LogP contribution in [0.4, 0.5) is 5.69 Å². The summed E-state index contributed by atoms with van der Waals surface area (Å²) in [7, 11) is -2.63. The van der Waals surface area contributed by atoms with Crippen LogP contribution in [0.15, 0.2) is 76.1 Å². The van der Waals surface area contributed by atoms with Crippen molar-refractivity contribution in [3.8, 4) is 11.5 Å². The third-order valence-corrected chi connectivity index (χ3v) is 7.34. The number of anilines is 1. The van der Waals surface area contributed by atoms with Gasteiger partial charge in [0.25, 0.3) is 15.9 Å². The van der Waals surface area contributed by atoms with Crippen LogP contribution >= 0.6 is 15.9 Å². The molecule has 0 bridgehead atoms. The van der Waals surface area contributed by atoms with E-state index in [-0.39, 0.29) is 4.90 Å². The number of hydrogen-bond acceptors (Lipinski definition) is 5. The number of benzene rings is 3. The van der Waals surface area contributed by atoms with Gasteiger partial charge >= 0.3 is 0 Å². The Morgan fingerprint density at radius 3 is 2.41 bits per heavy atom. The van der Waals surface area contributed by atoms with Crippen LogP contribution in [-0.2, 0) is 14.8 Å². The number of methoxy groups -OCH3 is 1. The second-order valence-corrected chi connectivity index (χ2v) is 10.2. The van der Waals surface area contributed by atoms with Gasteiger partial charge in [-0.15, -0.1) is 0 Å². The molecule has 0 aliphatic heterocycles. The Kier molecular flexibility index (Phi) is 8.17. The number of rotatable bonds is 8. The fraction of sp³-hybridized carbons (Fsp3) is 0.192. The van der Waals surface area contributed by atoms with Gasteiger partial charge in [-0.25, -0.2) is 8.42 Å². The van der Waals surface area contributed by atoms with E-state index < -0.39 is 15.9 Å². The van der Waals surface area contributed by atoms with Crippen LogP contribution in [-0.4, -0.2) is 28.0 Å². The number of carbonyl (C=O) groups excluding carboxylic acids is 1. The molecule has 34 heavy (non-hydrogen) atoms. The molecule has 3 aromatic rings. The zero-order valence-electron chi connectivity index (χ0n) is 19.4. The van der Waals surface area contributed by atoms with Gasteiger partial charge in [-0.3, -0.25) is 4.79 Å². The van der Waals surface area contributed by atoms with Crippen molar-refractivity contribution in [1.82, 2.24) is 0 Å². The van der Waals surface area contributed by atoms with Gasteiger partial charge in [0.2, 0.25) is 0 Å². The van der Waals surface area contributed by atoms with Gasteiger partial charge < -0.3 is 9.47 Å². The molecule has 0 fully saturated rings. The largest absolute Gasteiger partial charge is 0.493 e. The van der Waals surface area contributed by atoms with E-state index in [0.717, 1.165) is 9.87 Å². The van der Waals surface area contributed by atoms with Crippen LogP contribution in [0.3, 0.4) is 0 Å². The third-order valence-electron chi connectivity index (χ3n) is 5.02. The number of sulfonamides is 1. The molecule has 0 spiro atoms. The number of nitrogens with zero attached hydrogens (tertiary/aromatic N) is 1. The number of amides is 1. The summed E-state index contributed by atoms with van der Waals surface area (Å²) in [4.78, 5) is 13.4. The average molecular weight is 544 g/mol. The van der Waals surface area contributed by atoms with Crippen molar-refractivity contribution >= 4 is 43.6 Å². The molecule has 0 heterocycles. The molecule has 0 saturated heterocycles. The Morgan fingerprint density at radius 1 is 1.06 bits per heavy atom. The van der Waals surface area contributed by atoms with Crippen molar-refractivity contribution in [2.75, 3.05) is 18.0 Å². The van der Waals surface area contributed by atoms with Gasteiger partial charge in [-0.1, -0.05) is 30.3 Å². The zero-order valence-corrected chi connectivity index (χ0v) is 21.8. The van der Waals surface area contributed by atoms with Crippen LogP contribution in [0, 0.1) is 13.8 Å². The molecule has 1 amide bonds. The van der Waals surface area contributed by atoms with Crippen molar-refractivity contribution in [2.24, 2.45) is 0 Å². The van der Waals surface area contributed by atoms with Gasteiger partial charge in [0.05, 0.1) is 28.8 Å². The third kappa shape index (κ3) is 5.51. The maximum atomic E-state index is 13.5. The molecule has 0 atom stereocenters. The first-order valence-corrected chi connectivity index (χ1v) is 12.8. The molecule has 0 saturated carbocycles. The topological polar surface area (TPSA) is 72.9 Å². The number of aryl methyl sites for hydroxylation is 2. The second-order valence-electron chi connectivity index (χ2n) is 7.51. The molecular weight excluding hydrogens is 518 g/mol. The Labute approximate surface area is 209 Å². The summed E-state index contributed by atoms with van der Waals surface area (Å²) in [6.07, 6.45) is 2.79. The average Bonchev–Trinajstić information content (AvgIpc) is 2.82. The lowest BCUT2D eigenvalue weighted by Gasteiger charge is -2.23. The van der Waals surface area contributed by atoms with Gasteiger partial charge in [-0.05, 0) is 89.8 Å². The minimum absolute atomic E-state index is 0.0307. The van der Waals surface area contributed by atoms with Gasteiger partial charge in [0, 0.05) is 6.08 Å². The molecule has 0 aliphatic carbocycles. The summed E-state index contributed by atoms with van der Waals surface area (Å²) in [6, 6.07) is 16.8. The number of carbonyl (C=O) groups is 1.